The Kier molecular flexibility index (Phi) is 11.3. The van der Waals surface area contributed by atoms with Crippen molar-refractivity contribution >= 4 is 24.0 Å². The molecular weight excluding hydrogens is 336 g/mol. The molecule has 0 aromatic carbocycles. The van der Waals surface area contributed by atoms with E-state index in [9.17, 15) is 9.59 Å². The Morgan fingerprint density at radius 1 is 1.04 bits per heavy atom. The Balaban J connectivity index is 4.22. The molecule has 0 spiro atoms. The van der Waals surface area contributed by atoms with Crippen LogP contribution in [0.5, 0.6) is 0 Å². The second-order valence-corrected chi connectivity index (χ2v) is 7.84. The Bertz CT molecular complexity index is 385. The molecule has 8 heteroatoms. The van der Waals surface area contributed by atoms with Gasteiger partial charge in [-0.25, -0.2) is 5.26 Å². The molecule has 0 radical (unpaired) electrons. The van der Waals surface area contributed by atoms with Crippen LogP contribution in [0.4, 0.5) is 0 Å². The maximum atomic E-state index is 12.0. The molecule has 2 unspecified atom stereocenters. The van der Waals surface area contributed by atoms with E-state index < -0.39 is 5.97 Å². The third-order valence-electron chi connectivity index (χ3n) is 3.19. The van der Waals surface area contributed by atoms with Crippen LogP contribution in [0.1, 0.15) is 60.8 Å². The summed E-state index contributed by atoms with van der Waals surface area (Å²) in [5, 5.41) is 11.4. The van der Waals surface area contributed by atoms with Gasteiger partial charge in [0.25, 0.3) is 0 Å². The molecule has 0 bridgehead atoms. The molecule has 0 aliphatic carbocycles. The lowest BCUT2D eigenvalue weighted by Gasteiger charge is -2.27. The number of hydrogen-bond donors (Lipinski definition) is 1. The van der Waals surface area contributed by atoms with Crippen molar-refractivity contribution in [2.75, 3.05) is 5.75 Å². The molecule has 0 rings (SSSR count). The van der Waals surface area contributed by atoms with Gasteiger partial charge in [-0.05, 0) is 38.0 Å². The number of carbonyl (C=O) groups is 2. The van der Waals surface area contributed by atoms with Crippen molar-refractivity contribution in [1.29, 1.82) is 0 Å². The fourth-order valence-corrected chi connectivity index (χ4v) is 2.87. The second-order valence-electron chi connectivity index (χ2n) is 7.18. The van der Waals surface area contributed by atoms with Gasteiger partial charge in [0.2, 0.25) is 0 Å². The highest BCUT2D eigenvalue weighted by Crippen LogP contribution is 2.29. The number of ether oxygens (including phenoxy) is 2. The molecule has 0 aliphatic rings. The summed E-state index contributed by atoms with van der Waals surface area (Å²) >= 11 is 0.623. The maximum Gasteiger partial charge on any atom is 0.318 e. The Morgan fingerprint density at radius 2 is 1.62 bits per heavy atom. The van der Waals surface area contributed by atoms with E-state index in [4.69, 9.17) is 14.7 Å². The predicted molar refractivity (Wildman–Crippen MR) is 90.8 cm³/mol. The maximum absolute atomic E-state index is 12.0. The highest BCUT2D eigenvalue weighted by Gasteiger charge is 2.27. The predicted octanol–water partition coefficient (Wildman–Crippen LogP) is 3.77. The largest absolute Gasteiger partial charge is 0.463 e. The number of carbonyl (C=O) groups excluding carboxylic acids is 2. The van der Waals surface area contributed by atoms with E-state index in [1.807, 2.05) is 20.8 Å². The monoisotopic (exact) mass is 366 g/mol. The first-order valence-corrected chi connectivity index (χ1v) is 8.95. The van der Waals surface area contributed by atoms with Gasteiger partial charge in [0.05, 0.1) is 18.6 Å². The number of hydrogen-bond acceptors (Lipinski definition) is 8. The van der Waals surface area contributed by atoms with Crippen LogP contribution in [0.3, 0.4) is 0 Å². The standard InChI is InChI=1S/C16H30O7S/c1-11(2)7-12(3)20-14(17)9-16(5,6)8-13(4)21-15(18)10-24-23-22-19/h11-13,19H,7-10H2,1-6H3. The van der Waals surface area contributed by atoms with Crippen molar-refractivity contribution in [2.45, 2.75) is 73.0 Å². The zero-order valence-corrected chi connectivity index (χ0v) is 16.2. The van der Waals surface area contributed by atoms with Gasteiger partial charge < -0.3 is 9.47 Å². The van der Waals surface area contributed by atoms with E-state index in [0.717, 1.165) is 6.42 Å². The molecule has 2 atom stereocenters. The molecule has 0 saturated carbocycles. The van der Waals surface area contributed by atoms with Crippen LogP contribution in [0, 0.1) is 11.3 Å². The first-order chi connectivity index (χ1) is 11.1. The fourth-order valence-electron chi connectivity index (χ4n) is 2.61. The quantitative estimate of drug-likeness (QED) is 0.183. The average Bonchev–Trinajstić information content (AvgIpc) is 2.35. The molecule has 1 N–H and O–H groups in total. The summed E-state index contributed by atoms with van der Waals surface area (Å²) in [6.07, 6.45) is 1.15. The Morgan fingerprint density at radius 3 is 2.17 bits per heavy atom. The lowest BCUT2D eigenvalue weighted by Crippen LogP contribution is -2.28. The van der Waals surface area contributed by atoms with Crippen LogP contribution in [-0.4, -0.2) is 35.2 Å². The summed E-state index contributed by atoms with van der Waals surface area (Å²) < 4.78 is 14.8. The van der Waals surface area contributed by atoms with Crippen LogP contribution >= 0.6 is 12.0 Å². The van der Waals surface area contributed by atoms with Gasteiger partial charge >= 0.3 is 11.9 Å². The fraction of sp³-hybridized carbons (Fsp3) is 0.875. The summed E-state index contributed by atoms with van der Waals surface area (Å²) in [6.45, 7) is 11.7. The lowest BCUT2D eigenvalue weighted by molar-refractivity contribution is -0.432. The van der Waals surface area contributed by atoms with E-state index in [-0.39, 0.29) is 35.8 Å². The minimum Gasteiger partial charge on any atom is -0.463 e. The van der Waals surface area contributed by atoms with Crippen LogP contribution < -0.4 is 0 Å². The minimum atomic E-state index is -0.492. The van der Waals surface area contributed by atoms with Crippen molar-refractivity contribution in [3.05, 3.63) is 0 Å². The molecule has 0 fully saturated rings. The zero-order valence-electron chi connectivity index (χ0n) is 15.4. The van der Waals surface area contributed by atoms with Crippen molar-refractivity contribution < 1.29 is 33.7 Å². The molecule has 142 valence electrons. The summed E-state index contributed by atoms with van der Waals surface area (Å²) in [6, 6.07) is 0. The SMILES string of the molecule is CC(C)CC(C)OC(=O)CC(C)(C)CC(C)OC(=O)CSOOO. The van der Waals surface area contributed by atoms with E-state index in [1.54, 1.807) is 6.92 Å². The van der Waals surface area contributed by atoms with Gasteiger partial charge in [0.15, 0.2) is 0 Å². The normalized spacial score (nSPS) is 14.3. The Hall–Kier alpha value is -0.830. The summed E-state index contributed by atoms with van der Waals surface area (Å²) in [4.78, 5) is 23.6. The van der Waals surface area contributed by atoms with Gasteiger partial charge in [-0.3, -0.25) is 9.59 Å². The summed E-state index contributed by atoms with van der Waals surface area (Å²) in [5.74, 6) is -0.373. The molecule has 0 aromatic rings. The average molecular weight is 366 g/mol. The van der Waals surface area contributed by atoms with Crippen molar-refractivity contribution in [3.8, 4) is 0 Å². The third kappa shape index (κ3) is 12.6. The van der Waals surface area contributed by atoms with E-state index in [1.165, 1.54) is 0 Å². The number of rotatable bonds is 12. The molecule has 0 saturated heterocycles. The minimum absolute atomic E-state index is 0.102. The molecular formula is C16H30O7S. The van der Waals surface area contributed by atoms with Crippen molar-refractivity contribution in [2.24, 2.45) is 11.3 Å². The van der Waals surface area contributed by atoms with E-state index in [0.29, 0.717) is 24.4 Å². The lowest BCUT2D eigenvalue weighted by atomic mass is 9.83. The Labute approximate surface area is 148 Å². The smallest absolute Gasteiger partial charge is 0.318 e. The zero-order chi connectivity index (χ0) is 18.8. The van der Waals surface area contributed by atoms with Crippen LogP contribution in [0.2, 0.25) is 0 Å². The van der Waals surface area contributed by atoms with Gasteiger partial charge in [-0.1, -0.05) is 32.7 Å². The molecule has 24 heavy (non-hydrogen) atoms. The molecule has 0 aliphatic heterocycles. The topological polar surface area (TPSA) is 91.3 Å². The third-order valence-corrected chi connectivity index (χ3v) is 3.70. The van der Waals surface area contributed by atoms with Gasteiger partial charge in [0, 0.05) is 12.0 Å². The summed E-state index contributed by atoms with van der Waals surface area (Å²) in [7, 11) is 0. The van der Waals surface area contributed by atoms with Crippen LogP contribution in [0.15, 0.2) is 0 Å². The van der Waals surface area contributed by atoms with Crippen molar-refractivity contribution in [1.82, 2.24) is 0 Å². The molecule has 0 amide bonds. The van der Waals surface area contributed by atoms with Gasteiger partial charge in [0.1, 0.15) is 5.75 Å². The second kappa shape index (κ2) is 11.7. The first-order valence-electron chi connectivity index (χ1n) is 8.04. The summed E-state index contributed by atoms with van der Waals surface area (Å²) in [5.41, 5.74) is -0.355. The van der Waals surface area contributed by atoms with Crippen LogP contribution in [-0.2, 0) is 28.4 Å². The van der Waals surface area contributed by atoms with E-state index in [2.05, 4.69) is 23.2 Å². The number of esters is 2. The van der Waals surface area contributed by atoms with Crippen LogP contribution in [0.25, 0.3) is 0 Å². The molecule has 7 nitrogen and oxygen atoms in total. The highest BCUT2D eigenvalue weighted by atomic mass is 32.2. The highest BCUT2D eigenvalue weighted by molar-refractivity contribution is 7.95. The molecule has 0 heterocycles. The van der Waals surface area contributed by atoms with Crippen molar-refractivity contribution in [3.63, 3.8) is 0 Å². The van der Waals surface area contributed by atoms with E-state index >= 15 is 0 Å². The molecule has 0 aromatic heterocycles. The van der Waals surface area contributed by atoms with Gasteiger partial charge in [-0.15, -0.1) is 4.33 Å². The van der Waals surface area contributed by atoms with Gasteiger partial charge in [-0.2, -0.15) is 0 Å². The first kappa shape index (κ1) is 23.2.